The number of rotatable bonds is 3. The lowest BCUT2D eigenvalue weighted by Crippen LogP contribution is -2.11. The van der Waals surface area contributed by atoms with Gasteiger partial charge in [-0.3, -0.25) is 4.79 Å². The Bertz CT molecular complexity index is 562. The molecule has 0 aliphatic rings. The van der Waals surface area contributed by atoms with Gasteiger partial charge >= 0.3 is 0 Å². The first kappa shape index (κ1) is 11.0. The summed E-state index contributed by atoms with van der Waals surface area (Å²) in [5.41, 5.74) is 11.7. The molecule has 6 nitrogen and oxygen atoms in total. The molecule has 0 aliphatic carbocycles. The maximum Gasteiger partial charge on any atom is 0.254 e. The lowest BCUT2D eigenvalue weighted by Gasteiger charge is -2.06. The number of aromatic nitrogens is 2. The minimum absolute atomic E-state index is 0.100. The summed E-state index contributed by atoms with van der Waals surface area (Å²) in [6.07, 6.45) is 1.48. The first-order valence-corrected chi connectivity index (χ1v) is 4.92. The number of anilines is 1. The van der Waals surface area contributed by atoms with Crippen molar-refractivity contribution in [3.05, 3.63) is 36.0 Å². The van der Waals surface area contributed by atoms with Gasteiger partial charge in [-0.1, -0.05) is 12.1 Å². The number of carbonyl (C=O) groups excluding carboxylic acids is 1. The predicted octanol–water partition coefficient (Wildman–Crippen LogP) is 0.562. The lowest BCUT2D eigenvalue weighted by atomic mass is 10.3. The molecule has 0 aliphatic heterocycles. The van der Waals surface area contributed by atoms with Crippen LogP contribution in [0.5, 0.6) is 5.75 Å². The van der Waals surface area contributed by atoms with Crippen LogP contribution in [0.4, 0.5) is 5.82 Å². The number of hydrogen-bond acceptors (Lipinski definition) is 4. The van der Waals surface area contributed by atoms with Gasteiger partial charge in [-0.25, -0.2) is 4.68 Å². The highest BCUT2D eigenvalue weighted by molar-refractivity contribution is 5.97. The number of benzene rings is 1. The van der Waals surface area contributed by atoms with Crippen LogP contribution < -0.4 is 16.2 Å². The molecular weight excluding hydrogens is 220 g/mol. The molecule has 0 saturated heterocycles. The quantitative estimate of drug-likeness (QED) is 0.808. The summed E-state index contributed by atoms with van der Waals surface area (Å²) < 4.78 is 6.66. The van der Waals surface area contributed by atoms with E-state index in [1.165, 1.54) is 10.9 Å². The molecule has 1 aromatic carbocycles. The summed E-state index contributed by atoms with van der Waals surface area (Å²) in [5, 5.41) is 4.02. The van der Waals surface area contributed by atoms with Crippen molar-refractivity contribution in [3.8, 4) is 11.4 Å². The highest BCUT2D eigenvalue weighted by Gasteiger charge is 2.13. The Kier molecular flexibility index (Phi) is 2.70. The Hall–Kier alpha value is -2.50. The second kappa shape index (κ2) is 4.17. The number of hydrogen-bond donors (Lipinski definition) is 2. The smallest absolute Gasteiger partial charge is 0.254 e. The number of nitrogen functional groups attached to an aromatic ring is 1. The van der Waals surface area contributed by atoms with E-state index in [9.17, 15) is 4.79 Å². The molecule has 1 amide bonds. The predicted molar refractivity (Wildman–Crippen MR) is 63.0 cm³/mol. The van der Waals surface area contributed by atoms with Crippen molar-refractivity contribution in [2.24, 2.45) is 5.73 Å². The van der Waals surface area contributed by atoms with Gasteiger partial charge in [0.1, 0.15) is 17.0 Å². The number of nitrogens with zero attached hydrogens (tertiary/aromatic N) is 2. The fourth-order valence-corrected chi connectivity index (χ4v) is 1.52. The summed E-state index contributed by atoms with van der Waals surface area (Å²) >= 11 is 0. The van der Waals surface area contributed by atoms with E-state index in [-0.39, 0.29) is 11.4 Å². The number of amides is 1. The van der Waals surface area contributed by atoms with E-state index in [2.05, 4.69) is 5.10 Å². The van der Waals surface area contributed by atoms with Crippen LogP contribution in [0.2, 0.25) is 0 Å². The molecule has 4 N–H and O–H groups in total. The van der Waals surface area contributed by atoms with Crippen LogP contribution >= 0.6 is 0 Å². The molecule has 0 unspecified atom stereocenters. The second-order valence-corrected chi connectivity index (χ2v) is 3.41. The molecule has 0 fully saturated rings. The van der Waals surface area contributed by atoms with Gasteiger partial charge in [0.15, 0.2) is 5.82 Å². The standard InChI is InChI=1S/C11H12N4O2/c1-17-9-5-3-2-4-8(9)15-6-7(11(13)16)10(12)14-15/h2-6H,1H3,(H2,12,14)(H2,13,16). The van der Waals surface area contributed by atoms with E-state index in [0.717, 1.165) is 0 Å². The van der Waals surface area contributed by atoms with Crippen molar-refractivity contribution in [2.45, 2.75) is 0 Å². The SMILES string of the molecule is COc1ccccc1-n1cc(C(N)=O)c(N)n1. The highest BCUT2D eigenvalue weighted by atomic mass is 16.5. The van der Waals surface area contributed by atoms with Crippen LogP contribution in [0, 0.1) is 0 Å². The zero-order chi connectivity index (χ0) is 12.4. The fourth-order valence-electron chi connectivity index (χ4n) is 1.52. The zero-order valence-corrected chi connectivity index (χ0v) is 9.25. The molecule has 0 bridgehead atoms. The van der Waals surface area contributed by atoms with Crippen LogP contribution in [0.15, 0.2) is 30.5 Å². The monoisotopic (exact) mass is 232 g/mol. The Labute approximate surface area is 97.8 Å². The van der Waals surface area contributed by atoms with E-state index in [4.69, 9.17) is 16.2 Å². The summed E-state index contributed by atoms with van der Waals surface area (Å²) in [6, 6.07) is 7.26. The van der Waals surface area contributed by atoms with Crippen LogP contribution in [0.25, 0.3) is 5.69 Å². The van der Waals surface area contributed by atoms with Crippen LogP contribution in [0.1, 0.15) is 10.4 Å². The molecule has 0 radical (unpaired) electrons. The van der Waals surface area contributed by atoms with Gasteiger partial charge < -0.3 is 16.2 Å². The van der Waals surface area contributed by atoms with Gasteiger partial charge in [0.25, 0.3) is 5.91 Å². The number of para-hydroxylation sites is 2. The van der Waals surface area contributed by atoms with Gasteiger partial charge in [-0.15, -0.1) is 5.10 Å². The third kappa shape index (κ3) is 1.92. The number of nitrogens with two attached hydrogens (primary N) is 2. The van der Waals surface area contributed by atoms with Gasteiger partial charge in [0.05, 0.1) is 7.11 Å². The number of methoxy groups -OCH3 is 1. The van der Waals surface area contributed by atoms with E-state index >= 15 is 0 Å². The fraction of sp³-hybridized carbons (Fsp3) is 0.0909. The molecule has 0 spiro atoms. The molecule has 1 heterocycles. The maximum atomic E-state index is 11.1. The molecule has 17 heavy (non-hydrogen) atoms. The number of ether oxygens (including phenoxy) is 1. The first-order chi connectivity index (χ1) is 8.13. The normalized spacial score (nSPS) is 10.2. The second-order valence-electron chi connectivity index (χ2n) is 3.41. The van der Waals surface area contributed by atoms with E-state index < -0.39 is 5.91 Å². The molecule has 1 aromatic heterocycles. The van der Waals surface area contributed by atoms with Crippen molar-refractivity contribution >= 4 is 11.7 Å². The molecule has 0 saturated carbocycles. The van der Waals surface area contributed by atoms with Gasteiger partial charge in [-0.05, 0) is 12.1 Å². The van der Waals surface area contributed by atoms with Crippen LogP contribution in [-0.4, -0.2) is 22.8 Å². The van der Waals surface area contributed by atoms with Crippen LogP contribution in [-0.2, 0) is 0 Å². The third-order valence-electron chi connectivity index (χ3n) is 2.34. The van der Waals surface area contributed by atoms with Crippen molar-refractivity contribution in [1.29, 1.82) is 0 Å². The molecule has 2 rings (SSSR count). The van der Waals surface area contributed by atoms with Gasteiger partial charge in [-0.2, -0.15) is 0 Å². The summed E-state index contributed by atoms with van der Waals surface area (Å²) in [4.78, 5) is 11.1. The Morgan fingerprint density at radius 3 is 2.71 bits per heavy atom. The molecule has 6 heteroatoms. The maximum absolute atomic E-state index is 11.1. The van der Waals surface area contributed by atoms with Crippen molar-refractivity contribution < 1.29 is 9.53 Å². The Morgan fingerprint density at radius 2 is 2.12 bits per heavy atom. The zero-order valence-electron chi connectivity index (χ0n) is 9.25. The summed E-state index contributed by atoms with van der Waals surface area (Å²) in [7, 11) is 1.56. The third-order valence-corrected chi connectivity index (χ3v) is 2.34. The van der Waals surface area contributed by atoms with E-state index in [0.29, 0.717) is 11.4 Å². The van der Waals surface area contributed by atoms with Crippen molar-refractivity contribution in [1.82, 2.24) is 9.78 Å². The average molecular weight is 232 g/mol. The first-order valence-electron chi connectivity index (χ1n) is 4.92. The van der Waals surface area contributed by atoms with Gasteiger partial charge in [0, 0.05) is 6.20 Å². The molecule has 88 valence electrons. The Balaban J connectivity index is 2.53. The average Bonchev–Trinajstić information content (AvgIpc) is 2.71. The topological polar surface area (TPSA) is 96.2 Å². The van der Waals surface area contributed by atoms with Gasteiger partial charge in [0.2, 0.25) is 0 Å². The van der Waals surface area contributed by atoms with Crippen molar-refractivity contribution in [3.63, 3.8) is 0 Å². The van der Waals surface area contributed by atoms with Crippen LogP contribution in [0.3, 0.4) is 0 Å². The highest BCUT2D eigenvalue weighted by Crippen LogP contribution is 2.23. The summed E-state index contributed by atoms with van der Waals surface area (Å²) in [5.74, 6) is 0.123. The van der Waals surface area contributed by atoms with E-state index in [1.54, 1.807) is 19.2 Å². The number of carbonyl (C=O) groups is 1. The van der Waals surface area contributed by atoms with Crippen molar-refractivity contribution in [2.75, 3.05) is 12.8 Å². The lowest BCUT2D eigenvalue weighted by molar-refractivity contribution is 0.100. The number of primary amides is 1. The van der Waals surface area contributed by atoms with E-state index in [1.807, 2.05) is 12.1 Å². The molecule has 2 aromatic rings. The molecular formula is C11H12N4O2. The minimum Gasteiger partial charge on any atom is -0.494 e. The largest absolute Gasteiger partial charge is 0.494 e. The molecule has 0 atom stereocenters. The summed E-state index contributed by atoms with van der Waals surface area (Å²) in [6.45, 7) is 0. The minimum atomic E-state index is -0.608. The Morgan fingerprint density at radius 1 is 1.41 bits per heavy atom.